The summed E-state index contributed by atoms with van der Waals surface area (Å²) in [5.74, 6) is -0.859. The van der Waals surface area contributed by atoms with E-state index in [4.69, 9.17) is 9.84 Å². The molecule has 4 nitrogen and oxygen atoms in total. The van der Waals surface area contributed by atoms with Crippen LogP contribution in [0.1, 0.15) is 31.0 Å². The molecule has 84 valence electrons. The van der Waals surface area contributed by atoms with Crippen LogP contribution in [0, 0.1) is 0 Å². The maximum Gasteiger partial charge on any atom is 0.309 e. The summed E-state index contributed by atoms with van der Waals surface area (Å²) in [6, 6.07) is 0. The highest BCUT2D eigenvalue weighted by Crippen LogP contribution is 2.30. The third kappa shape index (κ3) is 2.76. The molecule has 0 saturated carbocycles. The van der Waals surface area contributed by atoms with Crippen LogP contribution in [-0.2, 0) is 21.6 Å². The summed E-state index contributed by atoms with van der Waals surface area (Å²) in [6.07, 6.45) is 0.781. The van der Waals surface area contributed by atoms with Crippen molar-refractivity contribution >= 4 is 17.3 Å². The summed E-state index contributed by atoms with van der Waals surface area (Å²) >= 11 is 1.45. The highest BCUT2D eigenvalue weighted by molar-refractivity contribution is 7.09. The Balaban J connectivity index is 2.87. The molecule has 1 rings (SSSR count). The topological polar surface area (TPSA) is 59.4 Å². The second kappa shape index (κ2) is 4.72. The van der Waals surface area contributed by atoms with Crippen LogP contribution in [0.15, 0.2) is 5.38 Å². The van der Waals surface area contributed by atoms with Gasteiger partial charge in [0.2, 0.25) is 0 Å². The average Bonchev–Trinajstić information content (AvgIpc) is 2.64. The molecular weight excluding hydrogens is 214 g/mol. The van der Waals surface area contributed by atoms with Crippen LogP contribution in [0.5, 0.6) is 0 Å². The molecule has 0 aliphatic carbocycles. The Hall–Kier alpha value is -0.940. The number of aromatic nitrogens is 1. The Morgan fingerprint density at radius 3 is 2.87 bits per heavy atom. The molecule has 1 N–H and O–H groups in total. The number of carboxylic acids is 1. The van der Waals surface area contributed by atoms with Gasteiger partial charge in [0.15, 0.2) is 0 Å². The van der Waals surface area contributed by atoms with E-state index in [0.29, 0.717) is 5.69 Å². The van der Waals surface area contributed by atoms with Crippen LogP contribution in [0.3, 0.4) is 0 Å². The van der Waals surface area contributed by atoms with Crippen molar-refractivity contribution in [3.63, 3.8) is 0 Å². The highest BCUT2D eigenvalue weighted by Gasteiger charge is 2.27. The SMILES string of the molecule is CCC(C)(OC)c1nc(CC(=O)O)cs1. The van der Waals surface area contributed by atoms with Gasteiger partial charge in [0.1, 0.15) is 10.6 Å². The summed E-state index contributed by atoms with van der Waals surface area (Å²) in [5.41, 5.74) is 0.195. The molecule has 1 atom stereocenters. The number of nitrogens with zero attached hydrogens (tertiary/aromatic N) is 1. The van der Waals surface area contributed by atoms with Gasteiger partial charge in [-0.05, 0) is 13.3 Å². The number of rotatable bonds is 5. The van der Waals surface area contributed by atoms with Gasteiger partial charge >= 0.3 is 5.97 Å². The van der Waals surface area contributed by atoms with Gasteiger partial charge in [-0.2, -0.15) is 0 Å². The minimum Gasteiger partial charge on any atom is -0.481 e. The molecule has 0 aromatic carbocycles. The second-order valence-corrected chi connectivity index (χ2v) is 4.36. The van der Waals surface area contributed by atoms with Crippen LogP contribution < -0.4 is 0 Å². The van der Waals surface area contributed by atoms with Crippen LogP contribution >= 0.6 is 11.3 Å². The van der Waals surface area contributed by atoms with E-state index in [1.54, 1.807) is 12.5 Å². The van der Waals surface area contributed by atoms with Crippen molar-refractivity contribution in [3.05, 3.63) is 16.1 Å². The van der Waals surface area contributed by atoms with E-state index >= 15 is 0 Å². The fraction of sp³-hybridized carbons (Fsp3) is 0.600. The van der Waals surface area contributed by atoms with Crippen LogP contribution in [-0.4, -0.2) is 23.2 Å². The fourth-order valence-electron chi connectivity index (χ4n) is 1.17. The molecule has 0 aliphatic heterocycles. The van der Waals surface area contributed by atoms with Gasteiger partial charge in [0.25, 0.3) is 0 Å². The minimum atomic E-state index is -0.859. The zero-order chi connectivity index (χ0) is 11.5. The number of methoxy groups -OCH3 is 1. The van der Waals surface area contributed by atoms with Crippen molar-refractivity contribution in [3.8, 4) is 0 Å². The lowest BCUT2D eigenvalue weighted by atomic mass is 10.1. The Bertz CT molecular complexity index is 344. The van der Waals surface area contributed by atoms with Crippen molar-refractivity contribution in [1.82, 2.24) is 4.98 Å². The molecule has 0 amide bonds. The molecule has 1 aromatic rings. The van der Waals surface area contributed by atoms with Crippen molar-refractivity contribution in [2.24, 2.45) is 0 Å². The number of carbonyl (C=O) groups is 1. The third-order valence-electron chi connectivity index (χ3n) is 2.46. The second-order valence-electron chi connectivity index (χ2n) is 3.50. The van der Waals surface area contributed by atoms with Crippen molar-refractivity contribution in [2.45, 2.75) is 32.3 Å². The zero-order valence-electron chi connectivity index (χ0n) is 9.11. The lowest BCUT2D eigenvalue weighted by Gasteiger charge is -2.23. The van der Waals surface area contributed by atoms with Gasteiger partial charge in [-0.25, -0.2) is 4.98 Å². The molecule has 0 saturated heterocycles. The molecule has 0 spiro atoms. The smallest absolute Gasteiger partial charge is 0.309 e. The number of carboxylic acid groups (broad SMARTS) is 1. The van der Waals surface area contributed by atoms with E-state index in [9.17, 15) is 4.79 Å². The largest absolute Gasteiger partial charge is 0.481 e. The van der Waals surface area contributed by atoms with E-state index in [1.807, 2.05) is 13.8 Å². The van der Waals surface area contributed by atoms with Crippen molar-refractivity contribution in [1.29, 1.82) is 0 Å². The van der Waals surface area contributed by atoms with Crippen LogP contribution in [0.2, 0.25) is 0 Å². The normalized spacial score (nSPS) is 14.9. The first-order valence-corrected chi connectivity index (χ1v) is 5.61. The Morgan fingerprint density at radius 1 is 1.73 bits per heavy atom. The maximum atomic E-state index is 10.5. The molecule has 0 radical (unpaired) electrons. The Morgan fingerprint density at radius 2 is 2.40 bits per heavy atom. The van der Waals surface area contributed by atoms with Crippen molar-refractivity contribution in [2.75, 3.05) is 7.11 Å². The molecule has 0 aliphatic rings. The zero-order valence-corrected chi connectivity index (χ0v) is 9.93. The first-order valence-electron chi connectivity index (χ1n) is 4.73. The number of aliphatic carboxylic acids is 1. The quantitative estimate of drug-likeness (QED) is 0.839. The monoisotopic (exact) mass is 229 g/mol. The van der Waals surface area contributed by atoms with Gasteiger partial charge in [0, 0.05) is 12.5 Å². The Kier molecular flexibility index (Phi) is 3.82. The molecule has 1 aromatic heterocycles. The van der Waals surface area contributed by atoms with E-state index in [2.05, 4.69) is 4.98 Å². The first kappa shape index (κ1) is 12.1. The fourth-order valence-corrected chi connectivity index (χ4v) is 2.20. The summed E-state index contributed by atoms with van der Waals surface area (Å²) in [4.78, 5) is 14.8. The molecular formula is C10H15NO3S. The van der Waals surface area contributed by atoms with E-state index < -0.39 is 11.6 Å². The number of hydrogen-bond acceptors (Lipinski definition) is 4. The number of ether oxygens (including phenoxy) is 1. The van der Waals surface area contributed by atoms with Gasteiger partial charge in [-0.3, -0.25) is 4.79 Å². The van der Waals surface area contributed by atoms with Crippen LogP contribution in [0.4, 0.5) is 0 Å². The molecule has 1 heterocycles. The number of thiazole rings is 1. The third-order valence-corrected chi connectivity index (χ3v) is 3.60. The van der Waals surface area contributed by atoms with Gasteiger partial charge in [-0.15, -0.1) is 11.3 Å². The first-order chi connectivity index (χ1) is 7.01. The predicted molar refractivity (Wildman–Crippen MR) is 58.1 cm³/mol. The summed E-state index contributed by atoms with van der Waals surface area (Å²) in [7, 11) is 1.64. The van der Waals surface area contributed by atoms with Crippen LogP contribution in [0.25, 0.3) is 0 Å². The van der Waals surface area contributed by atoms with E-state index in [-0.39, 0.29) is 6.42 Å². The molecule has 1 unspecified atom stereocenters. The number of hydrogen-bond donors (Lipinski definition) is 1. The molecule has 0 fully saturated rings. The molecule has 15 heavy (non-hydrogen) atoms. The van der Waals surface area contributed by atoms with E-state index in [0.717, 1.165) is 11.4 Å². The summed E-state index contributed by atoms with van der Waals surface area (Å²) in [5, 5.41) is 11.2. The minimum absolute atomic E-state index is 0.0278. The molecule has 5 heteroatoms. The van der Waals surface area contributed by atoms with Gasteiger partial charge in [0.05, 0.1) is 12.1 Å². The Labute approximate surface area is 92.9 Å². The lowest BCUT2D eigenvalue weighted by molar-refractivity contribution is -0.136. The molecule has 0 bridgehead atoms. The highest BCUT2D eigenvalue weighted by atomic mass is 32.1. The van der Waals surface area contributed by atoms with E-state index in [1.165, 1.54) is 11.3 Å². The van der Waals surface area contributed by atoms with Crippen molar-refractivity contribution < 1.29 is 14.6 Å². The standard InChI is InChI=1S/C10H15NO3S/c1-4-10(2,14-3)9-11-7(6-15-9)5-8(12)13/h6H,4-5H2,1-3H3,(H,12,13). The lowest BCUT2D eigenvalue weighted by Crippen LogP contribution is -2.23. The summed E-state index contributed by atoms with van der Waals surface area (Å²) in [6.45, 7) is 3.97. The predicted octanol–water partition coefficient (Wildman–Crippen LogP) is 2.04. The van der Waals surface area contributed by atoms with Gasteiger partial charge < -0.3 is 9.84 Å². The van der Waals surface area contributed by atoms with Gasteiger partial charge in [-0.1, -0.05) is 6.92 Å². The summed E-state index contributed by atoms with van der Waals surface area (Å²) < 4.78 is 5.39. The average molecular weight is 229 g/mol. The maximum absolute atomic E-state index is 10.5.